The zero-order valence-electron chi connectivity index (χ0n) is 13.4. The summed E-state index contributed by atoms with van der Waals surface area (Å²) in [6.45, 7) is 10.8. The number of nitrogen functional groups attached to an aromatic ring is 1. The molecule has 0 saturated heterocycles. The van der Waals surface area contributed by atoms with Gasteiger partial charge >= 0.3 is 0 Å². The maximum absolute atomic E-state index is 5.97. The molecule has 3 N–H and O–H groups in total. The Labute approximate surface area is 126 Å². The van der Waals surface area contributed by atoms with Gasteiger partial charge in [-0.1, -0.05) is 46.8 Å². The number of anilines is 3. The van der Waals surface area contributed by atoms with Crippen molar-refractivity contribution in [3.8, 4) is 0 Å². The van der Waals surface area contributed by atoms with Crippen LogP contribution in [0.5, 0.6) is 0 Å². The van der Waals surface area contributed by atoms with Crippen LogP contribution in [0.4, 0.5) is 17.3 Å². The topological polar surface area (TPSA) is 63.8 Å². The van der Waals surface area contributed by atoms with E-state index >= 15 is 0 Å². The Balaban J connectivity index is 2.29. The Morgan fingerprint density at radius 3 is 2.19 bits per heavy atom. The van der Waals surface area contributed by atoms with Crippen molar-refractivity contribution in [3.63, 3.8) is 0 Å². The summed E-state index contributed by atoms with van der Waals surface area (Å²) < 4.78 is 0. The number of hydrogen-bond acceptors (Lipinski definition) is 4. The van der Waals surface area contributed by atoms with E-state index in [2.05, 4.69) is 74.2 Å². The molecule has 2 rings (SSSR count). The van der Waals surface area contributed by atoms with Gasteiger partial charge in [0, 0.05) is 11.3 Å². The maximum Gasteiger partial charge on any atom is 0.139 e. The van der Waals surface area contributed by atoms with Crippen LogP contribution in [-0.4, -0.2) is 9.97 Å². The first-order valence-electron chi connectivity index (χ1n) is 7.27. The molecule has 0 bridgehead atoms. The minimum atomic E-state index is 0.154. The number of benzene rings is 1. The standard InChI is InChI=1S/C17H24N4/c1-11(2)14-15(18)19-10-20-16(14)21-13-8-6-12(7-9-13)17(3,4)5/h6-11H,1-5H3,(H3,18,19,20,21). The minimum absolute atomic E-state index is 0.154. The van der Waals surface area contributed by atoms with E-state index in [1.165, 1.54) is 11.9 Å². The Morgan fingerprint density at radius 2 is 1.67 bits per heavy atom. The first-order valence-corrected chi connectivity index (χ1v) is 7.27. The van der Waals surface area contributed by atoms with Crippen molar-refractivity contribution >= 4 is 17.3 Å². The Hall–Kier alpha value is -2.10. The zero-order chi connectivity index (χ0) is 15.6. The van der Waals surface area contributed by atoms with Gasteiger partial charge in [0.2, 0.25) is 0 Å². The fourth-order valence-corrected chi connectivity index (χ4v) is 2.27. The molecular formula is C17H24N4. The number of rotatable bonds is 3. The maximum atomic E-state index is 5.97. The first kappa shape index (κ1) is 15.3. The lowest BCUT2D eigenvalue weighted by atomic mass is 9.87. The van der Waals surface area contributed by atoms with Crippen molar-refractivity contribution in [2.24, 2.45) is 0 Å². The number of nitrogens with two attached hydrogens (primary N) is 1. The predicted molar refractivity (Wildman–Crippen MR) is 89.0 cm³/mol. The second-order valence-electron chi connectivity index (χ2n) is 6.63. The molecule has 0 fully saturated rings. The van der Waals surface area contributed by atoms with Crippen molar-refractivity contribution in [2.75, 3.05) is 11.1 Å². The van der Waals surface area contributed by atoms with Crippen LogP contribution >= 0.6 is 0 Å². The summed E-state index contributed by atoms with van der Waals surface area (Å²) in [6.07, 6.45) is 1.49. The molecule has 0 radical (unpaired) electrons. The van der Waals surface area contributed by atoms with E-state index < -0.39 is 0 Å². The molecule has 4 heteroatoms. The smallest absolute Gasteiger partial charge is 0.139 e. The van der Waals surface area contributed by atoms with Crippen LogP contribution in [0.3, 0.4) is 0 Å². The largest absolute Gasteiger partial charge is 0.383 e. The fourth-order valence-electron chi connectivity index (χ4n) is 2.27. The van der Waals surface area contributed by atoms with Gasteiger partial charge in [-0.3, -0.25) is 0 Å². The summed E-state index contributed by atoms with van der Waals surface area (Å²) >= 11 is 0. The van der Waals surface area contributed by atoms with Crippen molar-refractivity contribution in [3.05, 3.63) is 41.7 Å². The molecule has 0 aliphatic carbocycles. The van der Waals surface area contributed by atoms with E-state index in [9.17, 15) is 0 Å². The van der Waals surface area contributed by atoms with Gasteiger partial charge in [-0.15, -0.1) is 0 Å². The molecule has 2 aromatic rings. The zero-order valence-corrected chi connectivity index (χ0v) is 13.4. The molecule has 0 saturated carbocycles. The highest BCUT2D eigenvalue weighted by atomic mass is 15.0. The average Bonchev–Trinajstić information content (AvgIpc) is 2.38. The van der Waals surface area contributed by atoms with Gasteiger partial charge < -0.3 is 11.1 Å². The molecule has 0 atom stereocenters. The monoisotopic (exact) mass is 284 g/mol. The fraction of sp³-hybridized carbons (Fsp3) is 0.412. The molecule has 0 aliphatic rings. The van der Waals surface area contributed by atoms with Crippen LogP contribution in [-0.2, 0) is 5.41 Å². The lowest BCUT2D eigenvalue weighted by Gasteiger charge is -2.20. The lowest BCUT2D eigenvalue weighted by Crippen LogP contribution is -2.11. The first-order chi connectivity index (χ1) is 9.79. The van der Waals surface area contributed by atoms with Gasteiger partial charge in [-0.2, -0.15) is 0 Å². The molecule has 0 amide bonds. The van der Waals surface area contributed by atoms with E-state index in [0.717, 1.165) is 17.1 Å². The van der Waals surface area contributed by atoms with E-state index in [1.807, 2.05) is 0 Å². The van der Waals surface area contributed by atoms with E-state index in [4.69, 9.17) is 5.73 Å². The van der Waals surface area contributed by atoms with Crippen molar-refractivity contribution in [1.82, 2.24) is 9.97 Å². The molecule has 1 aromatic carbocycles. The van der Waals surface area contributed by atoms with Gasteiger partial charge in [0.05, 0.1) is 0 Å². The Morgan fingerprint density at radius 1 is 1.05 bits per heavy atom. The third-order valence-corrected chi connectivity index (χ3v) is 3.51. The second-order valence-corrected chi connectivity index (χ2v) is 6.63. The van der Waals surface area contributed by atoms with Crippen molar-refractivity contribution < 1.29 is 0 Å². The number of hydrogen-bond donors (Lipinski definition) is 2. The van der Waals surface area contributed by atoms with Crippen LogP contribution in [0.1, 0.15) is 51.7 Å². The quantitative estimate of drug-likeness (QED) is 0.885. The van der Waals surface area contributed by atoms with E-state index in [-0.39, 0.29) is 11.3 Å². The molecule has 112 valence electrons. The number of nitrogens with one attached hydrogen (secondary N) is 1. The third-order valence-electron chi connectivity index (χ3n) is 3.51. The van der Waals surface area contributed by atoms with Crippen molar-refractivity contribution in [2.45, 2.75) is 46.0 Å². The highest BCUT2D eigenvalue weighted by Crippen LogP contribution is 2.29. The highest BCUT2D eigenvalue weighted by Gasteiger charge is 2.15. The normalized spacial score (nSPS) is 11.7. The molecule has 1 heterocycles. The SMILES string of the molecule is CC(C)c1c(N)ncnc1Nc1ccc(C(C)(C)C)cc1. The molecular weight excluding hydrogens is 260 g/mol. The summed E-state index contributed by atoms with van der Waals surface area (Å²) in [6, 6.07) is 8.43. The minimum Gasteiger partial charge on any atom is -0.383 e. The summed E-state index contributed by atoms with van der Waals surface area (Å²) in [4.78, 5) is 8.40. The molecule has 1 aromatic heterocycles. The summed E-state index contributed by atoms with van der Waals surface area (Å²) in [5.41, 5.74) is 9.38. The van der Waals surface area contributed by atoms with Gasteiger partial charge in [0.1, 0.15) is 18.0 Å². The Kier molecular flexibility index (Phi) is 4.16. The van der Waals surface area contributed by atoms with Gasteiger partial charge in [-0.05, 0) is 29.0 Å². The number of nitrogens with zero attached hydrogens (tertiary/aromatic N) is 2. The van der Waals surface area contributed by atoms with Crippen LogP contribution in [0.2, 0.25) is 0 Å². The van der Waals surface area contributed by atoms with E-state index in [1.54, 1.807) is 0 Å². The van der Waals surface area contributed by atoms with E-state index in [0.29, 0.717) is 5.82 Å². The predicted octanol–water partition coefficient (Wildman–Crippen LogP) is 4.22. The van der Waals surface area contributed by atoms with Gasteiger partial charge in [-0.25, -0.2) is 9.97 Å². The Bertz CT molecular complexity index is 610. The van der Waals surface area contributed by atoms with Gasteiger partial charge in [0.25, 0.3) is 0 Å². The molecule has 0 spiro atoms. The second kappa shape index (κ2) is 5.72. The summed E-state index contributed by atoms with van der Waals surface area (Å²) in [5.74, 6) is 1.58. The molecule has 0 unspecified atom stereocenters. The molecule has 21 heavy (non-hydrogen) atoms. The number of aromatic nitrogens is 2. The average molecular weight is 284 g/mol. The van der Waals surface area contributed by atoms with Crippen LogP contribution in [0.25, 0.3) is 0 Å². The molecule has 0 aliphatic heterocycles. The summed E-state index contributed by atoms with van der Waals surface area (Å²) in [5, 5.41) is 3.34. The van der Waals surface area contributed by atoms with Crippen LogP contribution in [0.15, 0.2) is 30.6 Å². The highest BCUT2D eigenvalue weighted by molar-refractivity contribution is 5.64. The third kappa shape index (κ3) is 3.51. The summed E-state index contributed by atoms with van der Waals surface area (Å²) in [7, 11) is 0. The lowest BCUT2D eigenvalue weighted by molar-refractivity contribution is 0.590. The van der Waals surface area contributed by atoms with Crippen LogP contribution < -0.4 is 11.1 Å². The van der Waals surface area contributed by atoms with Crippen LogP contribution in [0, 0.1) is 0 Å². The van der Waals surface area contributed by atoms with Crippen molar-refractivity contribution in [1.29, 1.82) is 0 Å². The van der Waals surface area contributed by atoms with Gasteiger partial charge in [0.15, 0.2) is 0 Å². The molecule has 4 nitrogen and oxygen atoms in total.